The molecule has 0 spiro atoms. The Morgan fingerprint density at radius 1 is 1.43 bits per heavy atom. The molecule has 21 heavy (non-hydrogen) atoms. The Kier molecular flexibility index (Phi) is 3.52. The number of hydrogen-bond donors (Lipinski definition) is 2. The highest BCUT2D eigenvalue weighted by atomic mass is 32.2. The van der Waals surface area contributed by atoms with Crippen LogP contribution in [0.15, 0.2) is 4.90 Å². The van der Waals surface area contributed by atoms with Gasteiger partial charge in [-0.25, -0.2) is 8.42 Å². The molecule has 3 rings (SSSR count). The first-order valence-electron chi connectivity index (χ1n) is 7.31. The Labute approximate surface area is 128 Å². The Morgan fingerprint density at radius 2 is 2.05 bits per heavy atom. The molecule has 0 saturated heterocycles. The summed E-state index contributed by atoms with van der Waals surface area (Å²) in [6.07, 6.45) is 2.79. The molecule has 0 amide bonds. The average Bonchev–Trinajstić information content (AvgIpc) is 3.32. The molecule has 0 radical (unpaired) electrons. The molecular formula is C14H20N2O3S2. The SMILES string of the molecule is CCS(=O)(=O)c1c(NC2CC2C)sc(C(=O)C2CC2)c1N. The smallest absolute Gasteiger partial charge is 0.183 e. The standard InChI is InChI=1S/C14H20N2O3S2/c1-3-21(18,19)13-10(15)12(11(17)8-4-5-8)20-14(13)16-9-6-7(9)2/h7-9,16H,3-6,15H2,1-2H3. The second-order valence-electron chi connectivity index (χ2n) is 6.01. The highest BCUT2D eigenvalue weighted by Crippen LogP contribution is 2.46. The zero-order chi connectivity index (χ0) is 15.4. The van der Waals surface area contributed by atoms with Gasteiger partial charge < -0.3 is 11.1 Å². The number of nitrogens with two attached hydrogens (primary N) is 1. The van der Waals surface area contributed by atoms with Crippen LogP contribution in [-0.2, 0) is 9.84 Å². The summed E-state index contributed by atoms with van der Waals surface area (Å²) in [6, 6.07) is 0.290. The first-order valence-corrected chi connectivity index (χ1v) is 9.77. The van der Waals surface area contributed by atoms with Crippen molar-refractivity contribution < 1.29 is 13.2 Å². The summed E-state index contributed by atoms with van der Waals surface area (Å²) in [5, 5.41) is 3.81. The minimum absolute atomic E-state index is 0.00180. The molecule has 2 atom stereocenters. The van der Waals surface area contributed by atoms with E-state index >= 15 is 0 Å². The van der Waals surface area contributed by atoms with Gasteiger partial charge in [-0.15, -0.1) is 11.3 Å². The van der Waals surface area contributed by atoms with Crippen LogP contribution in [0.2, 0.25) is 0 Å². The van der Waals surface area contributed by atoms with E-state index in [1.165, 1.54) is 11.3 Å². The lowest BCUT2D eigenvalue weighted by Gasteiger charge is -2.07. The fourth-order valence-electron chi connectivity index (χ4n) is 2.38. The Bertz CT molecular complexity index is 689. The number of nitrogens with one attached hydrogen (secondary N) is 1. The third-order valence-corrected chi connectivity index (χ3v) is 7.28. The molecule has 3 N–H and O–H groups in total. The summed E-state index contributed by atoms with van der Waals surface area (Å²) in [7, 11) is -3.44. The van der Waals surface area contributed by atoms with Gasteiger partial charge in [0.2, 0.25) is 0 Å². The van der Waals surface area contributed by atoms with E-state index in [9.17, 15) is 13.2 Å². The molecule has 1 heterocycles. The average molecular weight is 328 g/mol. The topological polar surface area (TPSA) is 89.3 Å². The van der Waals surface area contributed by atoms with Gasteiger partial charge in [0.15, 0.2) is 15.6 Å². The number of carbonyl (C=O) groups excluding carboxylic acids is 1. The normalized spacial score (nSPS) is 24.9. The third kappa shape index (κ3) is 2.68. The maximum Gasteiger partial charge on any atom is 0.183 e. The molecule has 0 aliphatic heterocycles. The maximum atomic E-state index is 12.3. The Morgan fingerprint density at radius 3 is 2.52 bits per heavy atom. The molecule has 0 aromatic carbocycles. The van der Waals surface area contributed by atoms with Crippen molar-refractivity contribution >= 4 is 37.6 Å². The number of rotatable bonds is 6. The van der Waals surface area contributed by atoms with Crippen LogP contribution in [0.5, 0.6) is 0 Å². The van der Waals surface area contributed by atoms with Gasteiger partial charge >= 0.3 is 0 Å². The second kappa shape index (κ2) is 4.98. The molecule has 0 bridgehead atoms. The van der Waals surface area contributed by atoms with E-state index < -0.39 is 9.84 Å². The van der Waals surface area contributed by atoms with Crippen LogP contribution in [0.3, 0.4) is 0 Å². The molecule has 2 fully saturated rings. The zero-order valence-corrected chi connectivity index (χ0v) is 13.8. The summed E-state index contributed by atoms with van der Waals surface area (Å²) < 4.78 is 24.6. The lowest BCUT2D eigenvalue weighted by atomic mass is 10.2. The number of ketones is 1. The Balaban J connectivity index is 2.03. The number of hydrogen-bond acceptors (Lipinski definition) is 6. The van der Waals surface area contributed by atoms with E-state index in [1.54, 1.807) is 6.92 Å². The first-order chi connectivity index (χ1) is 9.85. The van der Waals surface area contributed by atoms with Gasteiger partial charge in [-0.05, 0) is 25.2 Å². The number of carbonyl (C=O) groups is 1. The van der Waals surface area contributed by atoms with E-state index in [2.05, 4.69) is 12.2 Å². The zero-order valence-electron chi connectivity index (χ0n) is 12.2. The predicted octanol–water partition coefficient (Wildman–Crippen LogP) is 2.54. The van der Waals surface area contributed by atoms with Gasteiger partial charge in [-0.3, -0.25) is 4.79 Å². The molecule has 2 aliphatic carbocycles. The van der Waals surface area contributed by atoms with Gasteiger partial charge in [-0.2, -0.15) is 0 Å². The van der Waals surface area contributed by atoms with E-state index in [4.69, 9.17) is 5.73 Å². The highest BCUT2D eigenvalue weighted by Gasteiger charge is 2.39. The van der Waals surface area contributed by atoms with Crippen LogP contribution in [0, 0.1) is 11.8 Å². The monoisotopic (exact) mass is 328 g/mol. The van der Waals surface area contributed by atoms with Crippen molar-refractivity contribution in [3.8, 4) is 0 Å². The van der Waals surface area contributed by atoms with Crippen LogP contribution in [0.4, 0.5) is 10.7 Å². The van der Waals surface area contributed by atoms with Gasteiger partial charge in [0.1, 0.15) is 9.90 Å². The van der Waals surface area contributed by atoms with Crippen LogP contribution in [0.25, 0.3) is 0 Å². The summed E-state index contributed by atoms with van der Waals surface area (Å²) in [5.41, 5.74) is 6.18. The van der Waals surface area contributed by atoms with Crippen LogP contribution in [-0.4, -0.2) is 26.0 Å². The quantitative estimate of drug-likeness (QED) is 0.783. The number of Topliss-reactive ketones (excluding diaryl/α,β-unsaturated/α-hetero) is 1. The molecule has 116 valence electrons. The first kappa shape index (κ1) is 14.8. The summed E-state index contributed by atoms with van der Waals surface area (Å²) in [4.78, 5) is 12.8. The van der Waals surface area contributed by atoms with Crippen molar-refractivity contribution in [1.82, 2.24) is 0 Å². The molecule has 1 aromatic rings. The molecule has 1 aromatic heterocycles. The number of anilines is 2. The third-order valence-electron chi connectivity index (χ3n) is 4.19. The van der Waals surface area contributed by atoms with Crippen molar-refractivity contribution in [2.45, 2.75) is 44.0 Å². The van der Waals surface area contributed by atoms with Gasteiger partial charge in [0.05, 0.1) is 16.3 Å². The molecule has 5 nitrogen and oxygen atoms in total. The van der Waals surface area contributed by atoms with Gasteiger partial charge in [0, 0.05) is 12.0 Å². The lowest BCUT2D eigenvalue weighted by molar-refractivity contribution is 0.0972. The summed E-state index contributed by atoms with van der Waals surface area (Å²) in [5.74, 6) is 0.561. The minimum atomic E-state index is -3.44. The largest absolute Gasteiger partial charge is 0.396 e. The Hall–Kier alpha value is -1.08. The predicted molar refractivity (Wildman–Crippen MR) is 84.7 cm³/mol. The van der Waals surface area contributed by atoms with Crippen LogP contribution in [0.1, 0.15) is 42.8 Å². The van der Waals surface area contributed by atoms with E-state index in [1.807, 2.05) is 0 Å². The molecule has 2 unspecified atom stereocenters. The molecule has 2 aliphatic rings. The van der Waals surface area contributed by atoms with Crippen molar-refractivity contribution in [2.75, 3.05) is 16.8 Å². The van der Waals surface area contributed by atoms with E-state index in [0.29, 0.717) is 15.8 Å². The van der Waals surface area contributed by atoms with Crippen molar-refractivity contribution in [1.29, 1.82) is 0 Å². The van der Waals surface area contributed by atoms with Crippen molar-refractivity contribution in [3.05, 3.63) is 4.88 Å². The van der Waals surface area contributed by atoms with Gasteiger partial charge in [-0.1, -0.05) is 13.8 Å². The minimum Gasteiger partial charge on any atom is -0.396 e. The molecule has 7 heteroatoms. The fraction of sp³-hybridized carbons (Fsp3) is 0.643. The molecule has 2 saturated carbocycles. The fourth-order valence-corrected chi connectivity index (χ4v) is 5.12. The van der Waals surface area contributed by atoms with Crippen LogP contribution < -0.4 is 11.1 Å². The summed E-state index contributed by atoms with van der Waals surface area (Å²) in [6.45, 7) is 3.71. The summed E-state index contributed by atoms with van der Waals surface area (Å²) >= 11 is 1.21. The number of thiophene rings is 1. The lowest BCUT2D eigenvalue weighted by Crippen LogP contribution is -2.11. The van der Waals surface area contributed by atoms with Gasteiger partial charge in [0.25, 0.3) is 0 Å². The van der Waals surface area contributed by atoms with E-state index in [0.717, 1.165) is 19.3 Å². The molecular weight excluding hydrogens is 308 g/mol. The number of nitrogen functional groups attached to an aromatic ring is 1. The highest BCUT2D eigenvalue weighted by molar-refractivity contribution is 7.92. The van der Waals surface area contributed by atoms with Crippen molar-refractivity contribution in [2.24, 2.45) is 11.8 Å². The second-order valence-corrected chi connectivity index (χ2v) is 9.24. The maximum absolute atomic E-state index is 12.3. The van der Waals surface area contributed by atoms with E-state index in [-0.39, 0.29) is 34.1 Å². The number of sulfone groups is 1. The van der Waals surface area contributed by atoms with Crippen LogP contribution >= 0.6 is 11.3 Å². The van der Waals surface area contributed by atoms with Crippen molar-refractivity contribution in [3.63, 3.8) is 0 Å².